The summed E-state index contributed by atoms with van der Waals surface area (Å²) >= 11 is 0.441. The Bertz CT molecular complexity index is 974. The van der Waals surface area contributed by atoms with Crippen molar-refractivity contribution in [2.45, 2.75) is 38.3 Å². The number of ether oxygens (including phenoxy) is 2. The van der Waals surface area contributed by atoms with Gasteiger partial charge in [-0.2, -0.15) is 13.2 Å². The molecule has 0 amide bonds. The molecule has 0 spiro atoms. The predicted octanol–water partition coefficient (Wildman–Crippen LogP) is 3.85. The average molecular weight is 471 g/mol. The Kier molecular flexibility index (Phi) is 7.39. The lowest BCUT2D eigenvalue weighted by atomic mass is 10.00. The lowest BCUT2D eigenvalue weighted by Gasteiger charge is -2.41. The number of morpholine rings is 1. The fraction of sp³-hybridized carbons (Fsp3) is 0.455. The van der Waals surface area contributed by atoms with Gasteiger partial charge in [0.05, 0.1) is 20.3 Å². The van der Waals surface area contributed by atoms with Gasteiger partial charge in [-0.15, -0.1) is 11.3 Å². The Hall–Kier alpha value is -2.27. The number of hydrogen-bond donors (Lipinski definition) is 1. The van der Waals surface area contributed by atoms with Crippen LogP contribution < -0.4 is 0 Å². The van der Waals surface area contributed by atoms with Crippen molar-refractivity contribution in [3.05, 3.63) is 57.6 Å². The van der Waals surface area contributed by atoms with Crippen molar-refractivity contribution in [2.75, 3.05) is 26.8 Å². The quantitative estimate of drug-likeness (QED) is 0.511. The summed E-state index contributed by atoms with van der Waals surface area (Å²) in [7, 11) is 1.33. The SMILES string of the molecule is COC(=O)/C=C(\C)c1ccc(CC(C)N2CCOC(O)(c3csc(C(F)(F)F)n3)C2)cc1. The first-order chi connectivity index (χ1) is 15.0. The first-order valence-electron chi connectivity index (χ1n) is 10.0. The van der Waals surface area contributed by atoms with E-state index in [1.165, 1.54) is 18.6 Å². The second-order valence-corrected chi connectivity index (χ2v) is 8.60. The number of nitrogens with zero attached hydrogens (tertiary/aromatic N) is 2. The molecule has 1 aromatic carbocycles. The Morgan fingerprint density at radius 2 is 2.09 bits per heavy atom. The van der Waals surface area contributed by atoms with E-state index in [4.69, 9.17) is 4.74 Å². The van der Waals surface area contributed by atoms with Gasteiger partial charge in [0, 0.05) is 24.0 Å². The second kappa shape index (κ2) is 9.70. The van der Waals surface area contributed by atoms with Crippen molar-refractivity contribution < 1.29 is 32.5 Å². The minimum atomic E-state index is -4.56. The van der Waals surface area contributed by atoms with Crippen LogP contribution in [0.25, 0.3) is 5.57 Å². The Morgan fingerprint density at radius 1 is 1.41 bits per heavy atom. The monoisotopic (exact) mass is 470 g/mol. The number of allylic oxidation sites excluding steroid dienone is 1. The predicted molar refractivity (Wildman–Crippen MR) is 114 cm³/mol. The largest absolute Gasteiger partial charge is 0.466 e. The lowest BCUT2D eigenvalue weighted by molar-refractivity contribution is -0.254. The third-order valence-corrected chi connectivity index (χ3v) is 6.27. The molecule has 0 radical (unpaired) electrons. The number of alkyl halides is 3. The molecule has 1 aliphatic rings. The van der Waals surface area contributed by atoms with Crippen LogP contribution in [-0.4, -0.2) is 53.8 Å². The van der Waals surface area contributed by atoms with Crippen LogP contribution in [-0.2, 0) is 32.7 Å². The van der Waals surface area contributed by atoms with E-state index in [0.29, 0.717) is 24.3 Å². The number of methoxy groups -OCH3 is 1. The van der Waals surface area contributed by atoms with Gasteiger partial charge in [-0.1, -0.05) is 24.3 Å². The molecule has 0 saturated carbocycles. The minimum absolute atomic E-state index is 0.00343. The summed E-state index contributed by atoms with van der Waals surface area (Å²) in [6.45, 7) is 4.55. The Morgan fingerprint density at radius 3 is 2.69 bits per heavy atom. The van der Waals surface area contributed by atoms with Gasteiger partial charge in [-0.3, -0.25) is 4.90 Å². The Balaban J connectivity index is 1.66. The number of carbonyl (C=O) groups is 1. The summed E-state index contributed by atoms with van der Waals surface area (Å²) in [5, 5.41) is 11.1. The molecule has 1 aromatic heterocycles. The lowest BCUT2D eigenvalue weighted by Crippen LogP contribution is -2.53. The Labute approximate surface area is 188 Å². The normalized spacial score (nSPS) is 21.4. The number of halogens is 3. The molecule has 32 heavy (non-hydrogen) atoms. The number of thiazole rings is 1. The molecule has 1 saturated heterocycles. The van der Waals surface area contributed by atoms with E-state index < -0.39 is 22.9 Å². The molecule has 2 heterocycles. The van der Waals surface area contributed by atoms with Crippen LogP contribution in [0.3, 0.4) is 0 Å². The van der Waals surface area contributed by atoms with Crippen molar-refractivity contribution in [2.24, 2.45) is 0 Å². The highest BCUT2D eigenvalue weighted by Crippen LogP contribution is 2.36. The van der Waals surface area contributed by atoms with Crippen LogP contribution in [0, 0.1) is 0 Å². The summed E-state index contributed by atoms with van der Waals surface area (Å²) in [6, 6.07) is 7.76. The average Bonchev–Trinajstić information content (AvgIpc) is 3.26. The van der Waals surface area contributed by atoms with Crippen LogP contribution in [0.15, 0.2) is 35.7 Å². The molecule has 1 fully saturated rings. The van der Waals surface area contributed by atoms with E-state index in [1.54, 1.807) is 0 Å². The number of aliphatic hydroxyl groups is 1. The fourth-order valence-corrected chi connectivity index (χ4v) is 4.28. The molecule has 6 nitrogen and oxygen atoms in total. The molecule has 1 N–H and O–H groups in total. The number of benzene rings is 1. The fourth-order valence-electron chi connectivity index (χ4n) is 3.54. The van der Waals surface area contributed by atoms with Crippen molar-refractivity contribution in [3.8, 4) is 0 Å². The van der Waals surface area contributed by atoms with Crippen molar-refractivity contribution in [3.63, 3.8) is 0 Å². The van der Waals surface area contributed by atoms with E-state index in [-0.39, 0.29) is 24.9 Å². The molecule has 0 aliphatic carbocycles. The van der Waals surface area contributed by atoms with Crippen molar-refractivity contribution >= 4 is 22.9 Å². The van der Waals surface area contributed by atoms with Crippen LogP contribution in [0.4, 0.5) is 13.2 Å². The number of carbonyl (C=O) groups excluding carboxylic acids is 1. The molecule has 2 atom stereocenters. The molecule has 10 heteroatoms. The third-order valence-electron chi connectivity index (χ3n) is 5.38. The van der Waals surface area contributed by atoms with E-state index >= 15 is 0 Å². The number of aromatic nitrogens is 1. The maximum absolute atomic E-state index is 12.9. The van der Waals surface area contributed by atoms with Gasteiger partial charge in [-0.25, -0.2) is 9.78 Å². The summed E-state index contributed by atoms with van der Waals surface area (Å²) in [5.74, 6) is -2.30. The topological polar surface area (TPSA) is 71.9 Å². The van der Waals surface area contributed by atoms with Gasteiger partial charge >= 0.3 is 12.1 Å². The third kappa shape index (κ3) is 5.74. The van der Waals surface area contributed by atoms with E-state index in [0.717, 1.165) is 16.7 Å². The molecular weight excluding hydrogens is 445 g/mol. The van der Waals surface area contributed by atoms with Gasteiger partial charge in [0.1, 0.15) is 5.69 Å². The summed E-state index contributed by atoms with van der Waals surface area (Å²) in [5.41, 5.74) is 2.62. The molecule has 0 bridgehead atoms. The standard InChI is InChI=1S/C22H25F3N2O4S/c1-14(10-19(28)30-3)17-6-4-16(5-7-17)11-15(2)27-8-9-31-21(29,13-27)18-12-32-20(26-18)22(23,24)25/h4-7,10,12,15,29H,8-9,11,13H2,1-3H3/b14-10+. The van der Waals surface area contributed by atoms with Gasteiger partial charge in [-0.05, 0) is 37.0 Å². The van der Waals surface area contributed by atoms with Crippen LogP contribution in [0.5, 0.6) is 0 Å². The number of β-amino-alcohol motifs (C(OH)–C–C–N with tert-alkyl or cyclic N) is 1. The van der Waals surface area contributed by atoms with Crippen LogP contribution in [0.2, 0.25) is 0 Å². The zero-order valence-electron chi connectivity index (χ0n) is 18.0. The van der Waals surface area contributed by atoms with E-state index in [2.05, 4.69) is 9.72 Å². The zero-order valence-corrected chi connectivity index (χ0v) is 18.8. The van der Waals surface area contributed by atoms with Gasteiger partial charge in [0.15, 0.2) is 5.01 Å². The molecule has 174 valence electrons. The van der Waals surface area contributed by atoms with Gasteiger partial charge in [0.2, 0.25) is 5.79 Å². The van der Waals surface area contributed by atoms with Gasteiger partial charge in [0.25, 0.3) is 0 Å². The van der Waals surface area contributed by atoms with Gasteiger partial charge < -0.3 is 14.6 Å². The van der Waals surface area contributed by atoms with Crippen LogP contribution in [0.1, 0.15) is 35.7 Å². The second-order valence-electron chi connectivity index (χ2n) is 7.74. The van der Waals surface area contributed by atoms with E-state index in [9.17, 15) is 23.1 Å². The van der Waals surface area contributed by atoms with Crippen molar-refractivity contribution in [1.29, 1.82) is 0 Å². The van der Waals surface area contributed by atoms with Crippen molar-refractivity contribution in [1.82, 2.24) is 9.88 Å². The summed E-state index contributed by atoms with van der Waals surface area (Å²) in [6.07, 6.45) is -2.46. The number of rotatable bonds is 6. The molecule has 3 rings (SSSR count). The number of hydrogen-bond acceptors (Lipinski definition) is 7. The molecule has 1 aliphatic heterocycles. The maximum atomic E-state index is 12.9. The highest BCUT2D eigenvalue weighted by Gasteiger charge is 2.42. The first kappa shape index (κ1) is 24.4. The summed E-state index contributed by atoms with van der Waals surface area (Å²) < 4.78 is 48.7. The van der Waals surface area contributed by atoms with Crippen LogP contribution >= 0.6 is 11.3 Å². The number of esters is 1. The smallest absolute Gasteiger partial charge is 0.443 e. The highest BCUT2D eigenvalue weighted by molar-refractivity contribution is 7.09. The highest BCUT2D eigenvalue weighted by atomic mass is 32.1. The zero-order chi connectivity index (χ0) is 23.5. The minimum Gasteiger partial charge on any atom is -0.466 e. The summed E-state index contributed by atoms with van der Waals surface area (Å²) in [4.78, 5) is 16.9. The molecular formula is C22H25F3N2O4S. The first-order valence-corrected chi connectivity index (χ1v) is 10.9. The maximum Gasteiger partial charge on any atom is 0.443 e. The van der Waals surface area contributed by atoms with E-state index in [1.807, 2.05) is 43.0 Å². The molecule has 2 aromatic rings. The molecule has 2 unspecified atom stereocenters.